The third kappa shape index (κ3) is 3.99. The first kappa shape index (κ1) is 18.0. The Hall–Kier alpha value is -2.38. The molecule has 0 spiro atoms. The molecule has 0 amide bonds. The molecule has 0 unspecified atom stereocenters. The summed E-state index contributed by atoms with van der Waals surface area (Å²) in [7, 11) is -3.21. The van der Waals surface area contributed by atoms with Crippen molar-refractivity contribution in [2.75, 3.05) is 29.0 Å². The predicted octanol–water partition coefficient (Wildman–Crippen LogP) is 3.79. The van der Waals surface area contributed by atoms with E-state index in [2.05, 4.69) is 40.6 Å². The van der Waals surface area contributed by atoms with Gasteiger partial charge in [0, 0.05) is 24.0 Å². The zero-order valence-electron chi connectivity index (χ0n) is 15.1. The van der Waals surface area contributed by atoms with E-state index in [1.807, 2.05) is 23.6 Å². The van der Waals surface area contributed by atoms with Crippen LogP contribution < -0.4 is 9.62 Å². The molecule has 2 heterocycles. The number of thiazole rings is 1. The molecule has 0 fully saturated rings. The lowest BCUT2D eigenvalue weighted by atomic mass is 10.1. The Kier molecular flexibility index (Phi) is 4.88. The first-order valence-corrected chi connectivity index (χ1v) is 11.6. The Morgan fingerprint density at radius 3 is 2.78 bits per heavy atom. The van der Waals surface area contributed by atoms with Crippen LogP contribution in [0, 0.1) is 0 Å². The average molecular weight is 400 g/mol. The first-order chi connectivity index (χ1) is 13.0. The molecule has 0 radical (unpaired) electrons. The number of fused-ring (bicyclic) bond motifs is 1. The third-order valence-corrected chi connectivity index (χ3v) is 6.65. The van der Waals surface area contributed by atoms with Crippen LogP contribution >= 0.6 is 11.3 Å². The number of nitrogens with zero attached hydrogens (tertiary/aromatic N) is 2. The molecule has 0 saturated carbocycles. The number of hydrogen-bond donors (Lipinski definition) is 1. The van der Waals surface area contributed by atoms with E-state index in [9.17, 15) is 8.42 Å². The van der Waals surface area contributed by atoms with Crippen molar-refractivity contribution in [1.82, 2.24) is 4.98 Å². The third-order valence-electron chi connectivity index (χ3n) is 4.67. The van der Waals surface area contributed by atoms with Crippen LogP contribution in [0.1, 0.15) is 11.1 Å². The summed E-state index contributed by atoms with van der Waals surface area (Å²) in [6, 6.07) is 16.3. The quantitative estimate of drug-likeness (QED) is 0.685. The van der Waals surface area contributed by atoms with Gasteiger partial charge in [-0.2, -0.15) is 0 Å². The Balaban J connectivity index is 1.44. The molecule has 0 bridgehead atoms. The largest absolute Gasteiger partial charge is 0.361 e. The summed E-state index contributed by atoms with van der Waals surface area (Å²) in [5, 5.41) is 6.32. The number of nitrogens with one attached hydrogen (secondary N) is 1. The van der Waals surface area contributed by atoms with Crippen molar-refractivity contribution in [3.05, 3.63) is 65.0 Å². The molecule has 5 nitrogen and oxygen atoms in total. The van der Waals surface area contributed by atoms with Gasteiger partial charge in [0.15, 0.2) is 5.13 Å². The van der Waals surface area contributed by atoms with Gasteiger partial charge in [-0.25, -0.2) is 13.4 Å². The average Bonchev–Trinajstić information content (AvgIpc) is 3.28. The van der Waals surface area contributed by atoms with Crippen molar-refractivity contribution < 1.29 is 8.42 Å². The summed E-state index contributed by atoms with van der Waals surface area (Å²) in [4.78, 5) is 4.68. The maximum absolute atomic E-state index is 11.9. The normalized spacial score (nSPS) is 13.6. The minimum absolute atomic E-state index is 0.515. The van der Waals surface area contributed by atoms with Crippen LogP contribution in [0.2, 0.25) is 0 Å². The van der Waals surface area contributed by atoms with E-state index in [-0.39, 0.29) is 0 Å². The van der Waals surface area contributed by atoms with Crippen LogP contribution in [-0.4, -0.2) is 32.7 Å². The smallest absolute Gasteiger partial charge is 0.232 e. The zero-order chi connectivity index (χ0) is 18.9. The highest BCUT2D eigenvalue weighted by atomic mass is 32.2. The highest BCUT2D eigenvalue weighted by Gasteiger charge is 2.26. The monoisotopic (exact) mass is 399 g/mol. The molecule has 0 saturated heterocycles. The Labute approximate surface area is 163 Å². The predicted molar refractivity (Wildman–Crippen MR) is 112 cm³/mol. The molecule has 140 valence electrons. The molecule has 1 aliphatic heterocycles. The van der Waals surface area contributed by atoms with Crippen molar-refractivity contribution >= 4 is 32.2 Å². The minimum Gasteiger partial charge on any atom is -0.361 e. The molecule has 0 atom stereocenters. The molecular weight excluding hydrogens is 378 g/mol. The van der Waals surface area contributed by atoms with Crippen molar-refractivity contribution in [2.24, 2.45) is 0 Å². The second kappa shape index (κ2) is 7.32. The van der Waals surface area contributed by atoms with Crippen LogP contribution in [0.3, 0.4) is 0 Å². The van der Waals surface area contributed by atoms with Gasteiger partial charge in [0.1, 0.15) is 0 Å². The summed E-state index contributed by atoms with van der Waals surface area (Å²) < 4.78 is 25.2. The summed E-state index contributed by atoms with van der Waals surface area (Å²) in [6.45, 7) is 1.35. The molecular formula is C20H21N3O2S2. The Bertz CT molecular complexity index is 1050. The van der Waals surface area contributed by atoms with Crippen LogP contribution in [0.5, 0.6) is 0 Å². The van der Waals surface area contributed by atoms with Crippen LogP contribution in [0.25, 0.3) is 11.3 Å². The zero-order valence-corrected chi connectivity index (χ0v) is 16.7. The number of hydrogen-bond acceptors (Lipinski definition) is 5. The number of anilines is 2. The SMILES string of the molecule is CS(=O)(=O)N1CCc2cc(-c3csc(NCCc4ccccc4)n3)ccc21. The second-order valence-corrected chi connectivity index (χ2v) is 9.39. The van der Waals surface area contributed by atoms with Crippen molar-refractivity contribution in [2.45, 2.75) is 12.8 Å². The Morgan fingerprint density at radius 1 is 1.19 bits per heavy atom. The van der Waals surface area contributed by atoms with Gasteiger partial charge < -0.3 is 5.32 Å². The van der Waals surface area contributed by atoms with Gasteiger partial charge in [0.2, 0.25) is 10.0 Å². The lowest BCUT2D eigenvalue weighted by Gasteiger charge is -2.16. The molecule has 7 heteroatoms. The van der Waals surface area contributed by atoms with Crippen LogP contribution in [0.4, 0.5) is 10.8 Å². The standard InChI is InChI=1S/C20H21N3O2S2/c1-27(24,25)23-12-10-17-13-16(7-8-19(17)23)18-14-26-20(22-18)21-11-9-15-5-3-2-4-6-15/h2-8,13-14H,9-12H2,1H3,(H,21,22). The highest BCUT2D eigenvalue weighted by Crippen LogP contribution is 2.34. The van der Waals surface area contributed by atoms with Gasteiger partial charge >= 0.3 is 0 Å². The topological polar surface area (TPSA) is 62.3 Å². The first-order valence-electron chi connectivity index (χ1n) is 8.85. The Morgan fingerprint density at radius 2 is 2.00 bits per heavy atom. The van der Waals surface area contributed by atoms with Crippen molar-refractivity contribution in [1.29, 1.82) is 0 Å². The number of rotatable bonds is 6. The van der Waals surface area contributed by atoms with Crippen molar-refractivity contribution in [3.63, 3.8) is 0 Å². The molecule has 1 aliphatic rings. The molecule has 3 aromatic rings. The van der Waals surface area contributed by atoms with E-state index in [4.69, 9.17) is 0 Å². The molecule has 27 heavy (non-hydrogen) atoms. The van der Waals surface area contributed by atoms with E-state index >= 15 is 0 Å². The van der Waals surface area contributed by atoms with Gasteiger partial charge in [-0.05, 0) is 36.1 Å². The molecule has 0 aliphatic carbocycles. The minimum atomic E-state index is -3.21. The lowest BCUT2D eigenvalue weighted by Crippen LogP contribution is -2.27. The fourth-order valence-electron chi connectivity index (χ4n) is 3.32. The van der Waals surface area contributed by atoms with Gasteiger partial charge in [-0.3, -0.25) is 4.31 Å². The molecule has 2 aromatic carbocycles. The van der Waals surface area contributed by atoms with E-state index in [0.29, 0.717) is 6.54 Å². The second-order valence-electron chi connectivity index (χ2n) is 6.63. The van der Waals surface area contributed by atoms with Gasteiger partial charge in [-0.15, -0.1) is 11.3 Å². The van der Waals surface area contributed by atoms with E-state index in [0.717, 1.165) is 47.0 Å². The van der Waals surface area contributed by atoms with Gasteiger partial charge in [-0.1, -0.05) is 36.4 Å². The fraction of sp³-hybridized carbons (Fsp3) is 0.250. The molecule has 4 rings (SSSR count). The van der Waals surface area contributed by atoms with Gasteiger partial charge in [0.05, 0.1) is 17.6 Å². The highest BCUT2D eigenvalue weighted by molar-refractivity contribution is 7.92. The summed E-state index contributed by atoms with van der Waals surface area (Å²) in [5.74, 6) is 0. The van der Waals surface area contributed by atoms with Crippen LogP contribution in [-0.2, 0) is 22.9 Å². The number of sulfonamides is 1. The van der Waals surface area contributed by atoms with Crippen LogP contribution in [0.15, 0.2) is 53.9 Å². The molecule has 1 aromatic heterocycles. The maximum atomic E-state index is 11.9. The van der Waals surface area contributed by atoms with Crippen molar-refractivity contribution in [3.8, 4) is 11.3 Å². The summed E-state index contributed by atoms with van der Waals surface area (Å²) >= 11 is 1.59. The lowest BCUT2D eigenvalue weighted by molar-refractivity contribution is 0.598. The number of aromatic nitrogens is 1. The van der Waals surface area contributed by atoms with E-state index in [1.165, 1.54) is 16.1 Å². The van der Waals surface area contributed by atoms with E-state index < -0.39 is 10.0 Å². The van der Waals surface area contributed by atoms with Gasteiger partial charge in [0.25, 0.3) is 0 Å². The summed E-state index contributed by atoms with van der Waals surface area (Å²) in [6.07, 6.45) is 2.95. The summed E-state index contributed by atoms with van der Waals surface area (Å²) in [5.41, 5.74) is 5.09. The fourth-order valence-corrected chi connectivity index (χ4v) is 5.03. The van der Waals surface area contributed by atoms with E-state index in [1.54, 1.807) is 11.3 Å². The maximum Gasteiger partial charge on any atom is 0.232 e. The number of benzene rings is 2. The molecule has 1 N–H and O–H groups in total.